The van der Waals surface area contributed by atoms with Gasteiger partial charge < -0.3 is 10.1 Å². The molecule has 1 amide bonds. The minimum Gasteiger partial charge on any atom is -0.491 e. The number of halogens is 2. The number of imidazole rings is 1. The zero-order valence-corrected chi connectivity index (χ0v) is 19.8. The Hall–Kier alpha value is -4.17. The van der Waals surface area contributed by atoms with E-state index in [0.29, 0.717) is 11.3 Å². The Morgan fingerprint density at radius 2 is 1.74 bits per heavy atom. The van der Waals surface area contributed by atoms with Gasteiger partial charge in [0.15, 0.2) is 28.8 Å². The van der Waals surface area contributed by atoms with E-state index in [9.17, 15) is 13.6 Å². The van der Waals surface area contributed by atoms with Crippen LogP contribution in [0, 0.1) is 11.6 Å². The number of hydrogen-bond acceptors (Lipinski definition) is 5. The first-order chi connectivity index (χ1) is 16.8. The quantitative estimate of drug-likeness (QED) is 0.377. The largest absolute Gasteiger partial charge is 0.491 e. The van der Waals surface area contributed by atoms with Crippen LogP contribution in [-0.2, 0) is 7.05 Å². The number of anilines is 1. The molecule has 0 saturated carbocycles. The van der Waals surface area contributed by atoms with E-state index >= 15 is 0 Å². The lowest BCUT2D eigenvalue weighted by Gasteiger charge is -2.06. The van der Waals surface area contributed by atoms with E-state index in [4.69, 9.17) is 0 Å². The van der Waals surface area contributed by atoms with Gasteiger partial charge in [0.2, 0.25) is 0 Å². The van der Waals surface area contributed by atoms with Crippen LogP contribution in [0.25, 0.3) is 28.2 Å². The third-order valence-corrected chi connectivity index (χ3v) is 5.70. The van der Waals surface area contributed by atoms with Crippen molar-refractivity contribution < 1.29 is 18.3 Å². The van der Waals surface area contributed by atoms with E-state index in [1.54, 1.807) is 10.7 Å². The average molecular weight is 492 g/mol. The van der Waals surface area contributed by atoms with Crippen molar-refractivity contribution in [2.45, 2.75) is 0 Å². The number of rotatable bonds is 5. The van der Waals surface area contributed by atoms with Gasteiger partial charge in [-0.25, -0.2) is 18.3 Å². The third-order valence-electron chi connectivity index (χ3n) is 5.32. The van der Waals surface area contributed by atoms with Gasteiger partial charge in [-0.1, -0.05) is 24.3 Å². The van der Waals surface area contributed by atoms with E-state index in [1.165, 1.54) is 10.7 Å². The molecule has 0 bridgehead atoms. The van der Waals surface area contributed by atoms with Gasteiger partial charge in [0.05, 0.1) is 19.0 Å². The van der Waals surface area contributed by atoms with Crippen molar-refractivity contribution in [3.8, 4) is 28.3 Å². The first-order valence-corrected chi connectivity index (χ1v) is 11.0. The number of carbonyl (C=O) groups is 1. The summed E-state index contributed by atoms with van der Waals surface area (Å²) in [5, 5.41) is 12.8. The highest BCUT2D eigenvalue weighted by atomic mass is 31.0. The Morgan fingerprint density at radius 1 is 1.03 bits per heavy atom. The summed E-state index contributed by atoms with van der Waals surface area (Å²) in [7, 11) is 5.64. The van der Waals surface area contributed by atoms with Crippen molar-refractivity contribution in [1.29, 1.82) is 0 Å². The van der Waals surface area contributed by atoms with Crippen LogP contribution in [0.5, 0.6) is 5.75 Å². The fourth-order valence-corrected chi connectivity index (χ4v) is 3.88. The molecule has 0 radical (unpaired) electrons. The molecule has 5 rings (SSSR count). The zero-order chi connectivity index (χ0) is 24.7. The Kier molecular flexibility index (Phi) is 5.74. The van der Waals surface area contributed by atoms with Crippen molar-refractivity contribution in [3.63, 3.8) is 0 Å². The number of methoxy groups -OCH3 is 1. The second-order valence-corrected chi connectivity index (χ2v) is 8.43. The summed E-state index contributed by atoms with van der Waals surface area (Å²) in [5.74, 6) is -3.04. The summed E-state index contributed by atoms with van der Waals surface area (Å²) < 4.78 is 35.8. The third kappa shape index (κ3) is 4.36. The highest BCUT2D eigenvalue weighted by molar-refractivity contribution is 7.27. The molecule has 0 fully saturated rings. The molecule has 0 saturated heterocycles. The fourth-order valence-electron chi connectivity index (χ4n) is 3.69. The minimum atomic E-state index is -0.974. The lowest BCUT2D eigenvalue weighted by molar-refractivity contribution is 0.102. The van der Waals surface area contributed by atoms with Crippen molar-refractivity contribution in [1.82, 2.24) is 24.4 Å². The summed E-state index contributed by atoms with van der Waals surface area (Å²) in [6.45, 7) is 0. The number of fused-ring (bicyclic) bond motifs is 1. The van der Waals surface area contributed by atoms with E-state index in [-0.39, 0.29) is 11.4 Å². The normalized spacial score (nSPS) is 11.1. The van der Waals surface area contributed by atoms with Crippen molar-refractivity contribution >= 4 is 31.9 Å². The number of aryl methyl sites for hydroxylation is 1. The molecular formula is C24H19F2N6O2P. The maximum atomic E-state index is 14.0. The van der Waals surface area contributed by atoms with E-state index in [0.717, 1.165) is 41.4 Å². The van der Waals surface area contributed by atoms with Gasteiger partial charge >= 0.3 is 0 Å². The van der Waals surface area contributed by atoms with E-state index < -0.39 is 23.3 Å². The molecule has 1 atom stereocenters. The molecule has 2 aromatic carbocycles. The van der Waals surface area contributed by atoms with Crippen LogP contribution in [0.4, 0.5) is 14.6 Å². The summed E-state index contributed by atoms with van der Waals surface area (Å²) in [6, 6.07) is 13.3. The molecule has 0 spiro atoms. The minimum absolute atomic E-state index is 0.179. The smallest absolute Gasteiger partial charge is 0.257 e. The monoisotopic (exact) mass is 492 g/mol. The molecule has 11 heteroatoms. The van der Waals surface area contributed by atoms with Crippen LogP contribution < -0.4 is 15.4 Å². The van der Waals surface area contributed by atoms with Crippen molar-refractivity contribution in [3.05, 3.63) is 78.1 Å². The Balaban J connectivity index is 1.45. The topological polar surface area (TPSA) is 86.3 Å². The summed E-state index contributed by atoms with van der Waals surface area (Å²) in [5.41, 5.74) is 3.49. The second-order valence-electron chi connectivity index (χ2n) is 7.76. The van der Waals surface area contributed by atoms with Gasteiger partial charge in [0.1, 0.15) is 5.69 Å². The summed E-state index contributed by atoms with van der Waals surface area (Å²) in [4.78, 5) is 16.9. The van der Waals surface area contributed by atoms with Crippen LogP contribution >= 0.6 is 9.24 Å². The molecule has 176 valence electrons. The fraction of sp³-hybridized carbons (Fsp3) is 0.0833. The number of nitrogens with one attached hydrogen (secondary N) is 1. The number of nitrogens with zero attached hydrogens (tertiary/aromatic N) is 5. The molecule has 5 aromatic rings. The molecule has 1 N–H and O–H groups in total. The number of hydrogen-bond donors (Lipinski definition) is 1. The molecule has 3 heterocycles. The highest BCUT2D eigenvalue weighted by Crippen LogP contribution is 2.30. The number of amides is 1. The van der Waals surface area contributed by atoms with Crippen LogP contribution in [0.1, 0.15) is 10.4 Å². The van der Waals surface area contributed by atoms with Gasteiger partial charge in [-0.15, -0.1) is 9.24 Å². The first-order valence-electron chi connectivity index (χ1n) is 10.4. The van der Waals surface area contributed by atoms with Crippen molar-refractivity contribution in [2.75, 3.05) is 12.4 Å². The van der Waals surface area contributed by atoms with Gasteiger partial charge in [-0.2, -0.15) is 10.2 Å². The number of aromatic nitrogens is 5. The Morgan fingerprint density at radius 3 is 2.43 bits per heavy atom. The molecule has 0 aliphatic carbocycles. The maximum Gasteiger partial charge on any atom is 0.257 e. The van der Waals surface area contributed by atoms with Crippen molar-refractivity contribution in [2.24, 2.45) is 7.05 Å². The summed E-state index contributed by atoms with van der Waals surface area (Å²) >= 11 is 0. The Labute approximate surface area is 200 Å². The van der Waals surface area contributed by atoms with Gasteiger partial charge in [-0.3, -0.25) is 9.48 Å². The highest BCUT2D eigenvalue weighted by Gasteiger charge is 2.18. The van der Waals surface area contributed by atoms with Gasteiger partial charge in [-0.05, 0) is 29.6 Å². The first kappa shape index (κ1) is 22.6. The maximum absolute atomic E-state index is 14.0. The molecule has 0 aliphatic rings. The van der Waals surface area contributed by atoms with Crippen LogP contribution in [0.15, 0.2) is 60.9 Å². The molecule has 3 aromatic heterocycles. The van der Waals surface area contributed by atoms with Gasteiger partial charge in [0, 0.05) is 29.9 Å². The molecule has 0 aliphatic heterocycles. The zero-order valence-electron chi connectivity index (χ0n) is 18.7. The number of ether oxygens (including phenoxy) is 1. The lowest BCUT2D eigenvalue weighted by Crippen LogP contribution is -2.13. The average Bonchev–Trinajstić information content (AvgIpc) is 3.41. The van der Waals surface area contributed by atoms with Crippen LogP contribution in [-0.4, -0.2) is 37.4 Å². The molecular weight excluding hydrogens is 473 g/mol. The SMILES string of the molecule is COc1c(F)cc(C(=O)Nc2cn3nc(-c4cn(C)nc4-c4ccc(P)cc4)ccc3n2)cc1F. The number of benzene rings is 2. The van der Waals surface area contributed by atoms with Crippen LogP contribution in [0.2, 0.25) is 0 Å². The van der Waals surface area contributed by atoms with E-state index in [1.807, 2.05) is 43.6 Å². The Bertz CT molecular complexity index is 1560. The lowest BCUT2D eigenvalue weighted by atomic mass is 10.1. The van der Waals surface area contributed by atoms with Gasteiger partial charge in [0.25, 0.3) is 5.91 Å². The van der Waals surface area contributed by atoms with Crippen LogP contribution in [0.3, 0.4) is 0 Å². The predicted octanol–water partition coefficient (Wildman–Crippen LogP) is 3.84. The van der Waals surface area contributed by atoms with E-state index in [2.05, 4.69) is 34.5 Å². The molecule has 35 heavy (non-hydrogen) atoms. The summed E-state index contributed by atoms with van der Waals surface area (Å²) in [6.07, 6.45) is 3.40. The molecule has 8 nitrogen and oxygen atoms in total. The molecule has 1 unspecified atom stereocenters. The second kappa shape index (κ2) is 8.88. The standard InChI is InChI=1S/C24H19F2N6O2P/c1-31-11-16(22(30-31)13-3-5-15(35)6-4-13)19-7-8-21-27-20(12-32(21)29-19)28-24(33)14-9-17(25)23(34-2)18(26)10-14/h3-12H,35H2,1-2H3,(H,28,33). The number of carbonyl (C=O) groups excluding carboxylic acids is 1. The predicted molar refractivity (Wildman–Crippen MR) is 131 cm³/mol.